The Morgan fingerprint density at radius 1 is 1.23 bits per heavy atom. The largest absolute Gasteiger partial charge is 0.379 e. The Balaban J connectivity index is 2.56. The normalized spacial score (nSPS) is 15.8. The Bertz CT molecular complexity index is 978. The van der Waals surface area contributed by atoms with Gasteiger partial charge in [0.1, 0.15) is 4.90 Å². The highest BCUT2D eigenvalue weighted by Crippen LogP contribution is 2.35. The van der Waals surface area contributed by atoms with E-state index in [9.17, 15) is 26.9 Å². The van der Waals surface area contributed by atoms with Crippen LogP contribution in [0.3, 0.4) is 0 Å². The van der Waals surface area contributed by atoms with Gasteiger partial charge in [-0.2, -0.15) is 12.7 Å². The van der Waals surface area contributed by atoms with E-state index in [-0.39, 0.29) is 55.7 Å². The number of sulfonamides is 1. The third kappa shape index (κ3) is 6.34. The van der Waals surface area contributed by atoms with Gasteiger partial charge in [0.25, 0.3) is 15.8 Å². The SMILES string of the molecule is Cc1cc([N+](=O)[O-])cc(S(=O)(=O)N2CCOCC2)c1N(CCBr)CCOS(C)(=O)=O. The Morgan fingerprint density at radius 3 is 2.40 bits per heavy atom. The van der Waals surface area contributed by atoms with Crippen LogP contribution in [-0.4, -0.2) is 83.6 Å². The van der Waals surface area contributed by atoms with Crippen molar-refractivity contribution in [1.82, 2.24) is 4.31 Å². The van der Waals surface area contributed by atoms with Crippen LogP contribution in [0.5, 0.6) is 0 Å². The maximum Gasteiger partial charge on any atom is 0.271 e. The second-order valence-electron chi connectivity index (χ2n) is 6.59. The van der Waals surface area contributed by atoms with E-state index in [1.807, 2.05) is 0 Å². The van der Waals surface area contributed by atoms with E-state index in [2.05, 4.69) is 15.9 Å². The molecule has 2 rings (SSSR count). The van der Waals surface area contributed by atoms with Crippen LogP contribution in [0, 0.1) is 17.0 Å². The molecule has 0 bridgehead atoms. The van der Waals surface area contributed by atoms with Crippen LogP contribution in [0.4, 0.5) is 11.4 Å². The minimum Gasteiger partial charge on any atom is -0.379 e. The van der Waals surface area contributed by atoms with Gasteiger partial charge in [-0.1, -0.05) is 15.9 Å². The molecule has 0 saturated carbocycles. The lowest BCUT2D eigenvalue weighted by Crippen LogP contribution is -2.41. The third-order valence-corrected chi connectivity index (χ3v) is 7.24. The summed E-state index contributed by atoms with van der Waals surface area (Å²) in [6.45, 7) is 2.53. The van der Waals surface area contributed by atoms with Crippen LogP contribution in [-0.2, 0) is 29.1 Å². The van der Waals surface area contributed by atoms with Crippen molar-refractivity contribution in [1.29, 1.82) is 0 Å². The molecule has 0 amide bonds. The summed E-state index contributed by atoms with van der Waals surface area (Å²) in [7, 11) is -7.72. The number of non-ortho nitro benzene ring substituents is 1. The Kier molecular flexibility index (Phi) is 8.59. The molecule has 0 unspecified atom stereocenters. The fourth-order valence-electron chi connectivity index (χ4n) is 3.10. The summed E-state index contributed by atoms with van der Waals surface area (Å²) in [6.07, 6.45) is 0.924. The average molecular weight is 530 g/mol. The first-order chi connectivity index (χ1) is 14.0. The molecule has 0 radical (unpaired) electrons. The molecular formula is C16H24BrN3O8S2. The molecule has 11 nitrogen and oxygen atoms in total. The Hall–Kier alpha value is -1.32. The number of rotatable bonds is 10. The summed E-state index contributed by atoms with van der Waals surface area (Å²) in [5.41, 5.74) is 0.328. The lowest BCUT2D eigenvalue weighted by Gasteiger charge is -2.31. The van der Waals surface area contributed by atoms with Crippen LogP contribution in [0.25, 0.3) is 0 Å². The van der Waals surface area contributed by atoms with Gasteiger partial charge in [-0.25, -0.2) is 8.42 Å². The third-order valence-electron chi connectivity index (χ3n) is 4.38. The number of anilines is 1. The predicted octanol–water partition coefficient (Wildman–Crippen LogP) is 1.10. The van der Waals surface area contributed by atoms with Crippen LogP contribution in [0.1, 0.15) is 5.56 Å². The Morgan fingerprint density at radius 2 is 1.87 bits per heavy atom. The summed E-state index contributed by atoms with van der Waals surface area (Å²) in [6, 6.07) is 2.35. The summed E-state index contributed by atoms with van der Waals surface area (Å²) < 4.78 is 60.5. The first-order valence-electron chi connectivity index (χ1n) is 8.99. The van der Waals surface area contributed by atoms with Gasteiger partial charge in [0.15, 0.2) is 0 Å². The van der Waals surface area contributed by atoms with Gasteiger partial charge in [-0.05, 0) is 12.5 Å². The number of ether oxygens (including phenoxy) is 1. The molecule has 0 atom stereocenters. The molecule has 1 fully saturated rings. The zero-order chi connectivity index (χ0) is 22.5. The molecule has 1 aromatic carbocycles. The summed E-state index contributed by atoms with van der Waals surface area (Å²) >= 11 is 3.31. The quantitative estimate of drug-likeness (QED) is 0.189. The number of nitrogens with zero attached hydrogens (tertiary/aromatic N) is 3. The number of hydrogen-bond acceptors (Lipinski definition) is 9. The lowest BCUT2D eigenvalue weighted by molar-refractivity contribution is -0.385. The number of hydrogen-bond donors (Lipinski definition) is 0. The first kappa shape index (κ1) is 24.9. The number of halogens is 1. The molecule has 170 valence electrons. The van der Waals surface area contributed by atoms with Gasteiger partial charge in [0, 0.05) is 43.6 Å². The number of nitro benzene ring substituents is 1. The van der Waals surface area contributed by atoms with Crippen molar-refractivity contribution in [3.05, 3.63) is 27.8 Å². The summed E-state index contributed by atoms with van der Waals surface area (Å²) in [4.78, 5) is 12.2. The highest BCUT2D eigenvalue weighted by Gasteiger charge is 2.33. The molecule has 0 spiro atoms. The smallest absolute Gasteiger partial charge is 0.271 e. The van der Waals surface area contributed by atoms with Gasteiger partial charge < -0.3 is 9.64 Å². The number of alkyl halides is 1. The fraction of sp³-hybridized carbons (Fsp3) is 0.625. The van der Waals surface area contributed by atoms with Crippen LogP contribution < -0.4 is 4.90 Å². The van der Waals surface area contributed by atoms with E-state index >= 15 is 0 Å². The van der Waals surface area contributed by atoms with Crippen molar-refractivity contribution in [2.45, 2.75) is 11.8 Å². The second-order valence-corrected chi connectivity index (χ2v) is 10.9. The molecule has 14 heteroatoms. The number of aryl methyl sites for hydroxylation is 1. The minimum atomic E-state index is -4.06. The molecule has 1 aromatic rings. The first-order valence-corrected chi connectivity index (χ1v) is 13.4. The number of benzene rings is 1. The maximum atomic E-state index is 13.4. The molecule has 0 aromatic heterocycles. The zero-order valence-corrected chi connectivity index (χ0v) is 19.8. The van der Waals surface area contributed by atoms with Gasteiger partial charge in [0.05, 0.1) is 36.7 Å². The molecule has 30 heavy (non-hydrogen) atoms. The van der Waals surface area contributed by atoms with E-state index < -0.39 is 25.1 Å². The van der Waals surface area contributed by atoms with E-state index in [1.54, 1.807) is 11.8 Å². The van der Waals surface area contributed by atoms with Crippen molar-refractivity contribution in [2.24, 2.45) is 0 Å². The van der Waals surface area contributed by atoms with E-state index in [4.69, 9.17) is 8.92 Å². The lowest BCUT2D eigenvalue weighted by atomic mass is 10.1. The highest BCUT2D eigenvalue weighted by atomic mass is 79.9. The monoisotopic (exact) mass is 529 g/mol. The number of morpholine rings is 1. The highest BCUT2D eigenvalue weighted by molar-refractivity contribution is 9.09. The van der Waals surface area contributed by atoms with Crippen molar-refractivity contribution in [3.8, 4) is 0 Å². The van der Waals surface area contributed by atoms with Crippen molar-refractivity contribution in [3.63, 3.8) is 0 Å². The summed E-state index contributed by atoms with van der Waals surface area (Å²) in [5, 5.41) is 11.8. The number of nitro groups is 1. The fourth-order valence-corrected chi connectivity index (χ4v) is 5.62. The van der Waals surface area contributed by atoms with Gasteiger partial charge in [-0.3, -0.25) is 14.3 Å². The van der Waals surface area contributed by atoms with Gasteiger partial charge in [0.2, 0.25) is 10.0 Å². The van der Waals surface area contributed by atoms with Gasteiger partial charge >= 0.3 is 0 Å². The second kappa shape index (κ2) is 10.3. The van der Waals surface area contributed by atoms with E-state index in [0.29, 0.717) is 17.4 Å². The topological polar surface area (TPSA) is 136 Å². The van der Waals surface area contributed by atoms with Crippen LogP contribution in [0.15, 0.2) is 17.0 Å². The van der Waals surface area contributed by atoms with Crippen LogP contribution >= 0.6 is 15.9 Å². The molecule has 1 aliphatic rings. The zero-order valence-electron chi connectivity index (χ0n) is 16.6. The summed E-state index contributed by atoms with van der Waals surface area (Å²) in [5.74, 6) is 0. The minimum absolute atomic E-state index is 0.0724. The standard InChI is InChI=1S/C16H24BrN3O8S2/c1-13-11-14(20(21)22)12-15(30(25,26)19-6-8-27-9-7-19)16(13)18(4-3-17)5-10-28-29(2,23)24/h11-12H,3-10H2,1-2H3. The molecule has 1 saturated heterocycles. The van der Waals surface area contributed by atoms with Gasteiger partial charge in [-0.15, -0.1) is 0 Å². The van der Waals surface area contributed by atoms with Crippen molar-refractivity contribution < 1.29 is 30.7 Å². The molecular weight excluding hydrogens is 506 g/mol. The van der Waals surface area contributed by atoms with Crippen molar-refractivity contribution >= 4 is 47.4 Å². The maximum absolute atomic E-state index is 13.4. The predicted molar refractivity (Wildman–Crippen MR) is 114 cm³/mol. The average Bonchev–Trinajstić information content (AvgIpc) is 2.66. The molecule has 0 aliphatic carbocycles. The van der Waals surface area contributed by atoms with Crippen LogP contribution in [0.2, 0.25) is 0 Å². The van der Waals surface area contributed by atoms with E-state index in [1.165, 1.54) is 10.4 Å². The van der Waals surface area contributed by atoms with Crippen molar-refractivity contribution in [2.75, 3.05) is 62.5 Å². The Labute approximate surface area is 184 Å². The molecule has 1 heterocycles. The molecule has 0 N–H and O–H groups in total. The van der Waals surface area contributed by atoms with E-state index in [0.717, 1.165) is 12.3 Å². The molecule has 1 aliphatic heterocycles.